The lowest BCUT2D eigenvalue weighted by Gasteiger charge is -2.40. The van der Waals surface area contributed by atoms with Crippen molar-refractivity contribution in [1.29, 1.82) is 5.26 Å². The Hall–Kier alpha value is -3.00. The van der Waals surface area contributed by atoms with Crippen LogP contribution in [0.1, 0.15) is 109 Å². The molecule has 2 aromatic carbocycles. The molecule has 3 nitrogen and oxygen atoms in total. The molecular weight excluding hydrogens is 505 g/mol. The third kappa shape index (κ3) is 13.5. The quantitative estimate of drug-likeness (QED) is 0.190. The van der Waals surface area contributed by atoms with Gasteiger partial charge in [-0.1, -0.05) is 117 Å². The molecule has 2 aromatic rings. The number of hydrogen-bond acceptors (Lipinski definition) is 3. The second kappa shape index (κ2) is 23.7. The predicted octanol–water partition coefficient (Wildman–Crippen LogP) is 10.6. The lowest BCUT2D eigenvalue weighted by Crippen LogP contribution is -2.42. The summed E-state index contributed by atoms with van der Waals surface area (Å²) in [6.07, 6.45) is 9.80. The smallest absolute Gasteiger partial charge is 0.140 e. The van der Waals surface area contributed by atoms with Gasteiger partial charge in [0, 0.05) is 6.04 Å². The number of nitriles is 1. The summed E-state index contributed by atoms with van der Waals surface area (Å²) in [5, 5.41) is 8.45. The number of aryl methyl sites for hydroxylation is 1. The maximum absolute atomic E-state index is 12.7. The Bertz CT molecular complexity index is 1070. The molecule has 0 aliphatic heterocycles. The molecule has 0 saturated carbocycles. The summed E-state index contributed by atoms with van der Waals surface area (Å²) in [5.74, 6) is -0.440. The van der Waals surface area contributed by atoms with Gasteiger partial charge in [-0.15, -0.1) is 0 Å². The van der Waals surface area contributed by atoms with E-state index in [4.69, 9.17) is 5.26 Å². The predicted molar refractivity (Wildman–Crippen MR) is 180 cm³/mol. The minimum Gasteiger partial charge on any atom is -0.290 e. The van der Waals surface area contributed by atoms with Crippen LogP contribution in [0.15, 0.2) is 73.3 Å². The normalized spacial score (nSPS) is 11.3. The summed E-state index contributed by atoms with van der Waals surface area (Å²) in [6, 6.07) is 15.7. The average Bonchev–Trinajstić information content (AvgIpc) is 2.99. The van der Waals surface area contributed by atoms with Gasteiger partial charge in [-0.3, -0.25) is 9.80 Å². The highest BCUT2D eigenvalue weighted by atomic mass is 19.1. The molecule has 0 aromatic heterocycles. The van der Waals surface area contributed by atoms with E-state index in [-0.39, 0.29) is 11.7 Å². The zero-order chi connectivity index (χ0) is 32.0. The monoisotopic (exact) mass is 563 g/mol. The first kappa shape index (κ1) is 40.1. The third-order valence-corrected chi connectivity index (χ3v) is 6.66. The zero-order valence-corrected chi connectivity index (χ0v) is 28.0. The largest absolute Gasteiger partial charge is 0.290 e. The Balaban J connectivity index is 0. The Labute approximate surface area is 253 Å². The molecule has 0 N–H and O–H groups in total. The molecule has 0 fully saturated rings. The standard InChI is InChI=1S/C24H38N2.C9H8FN.2C2H6/c1-9-14-19(4)20(5)22-17-12-13-18-23(22)24(25(6)7)26(8)21(15-10-2)16-11-3;1-2-7-3-4-9(10)8(5-7)6-11;2*1-2/h9,12-14,17-18,21,24H,1,5,10-11,15-16H2,2-4,6-8H3;3-5H,2H2,1H3;2*1-2H3/b19-14+;;;. The van der Waals surface area contributed by atoms with E-state index in [1.165, 1.54) is 42.9 Å². The van der Waals surface area contributed by atoms with Gasteiger partial charge in [0.25, 0.3) is 0 Å². The number of hydrogen-bond donors (Lipinski definition) is 0. The van der Waals surface area contributed by atoms with Gasteiger partial charge in [0.05, 0.1) is 11.7 Å². The molecule has 0 spiro atoms. The molecule has 228 valence electrons. The van der Waals surface area contributed by atoms with Gasteiger partial charge in [-0.2, -0.15) is 5.26 Å². The van der Waals surface area contributed by atoms with Crippen molar-refractivity contribution in [2.24, 2.45) is 0 Å². The third-order valence-electron chi connectivity index (χ3n) is 6.66. The van der Waals surface area contributed by atoms with Gasteiger partial charge in [0.1, 0.15) is 11.9 Å². The average molecular weight is 564 g/mol. The SMILES string of the molecule is C=C/C=C(\C)C(=C)c1ccccc1C(N(C)C)N(C)C(CCC)CCC.CC.CC.CCc1ccc(F)c(C#N)c1. The molecule has 0 saturated heterocycles. The van der Waals surface area contributed by atoms with E-state index in [1.54, 1.807) is 18.2 Å². The lowest BCUT2D eigenvalue weighted by molar-refractivity contribution is 0.0561. The van der Waals surface area contributed by atoms with E-state index in [9.17, 15) is 4.39 Å². The molecule has 0 radical (unpaired) electrons. The van der Waals surface area contributed by atoms with Crippen molar-refractivity contribution in [3.63, 3.8) is 0 Å². The van der Waals surface area contributed by atoms with Crippen molar-refractivity contribution >= 4 is 5.57 Å². The lowest BCUT2D eigenvalue weighted by atomic mass is 9.92. The van der Waals surface area contributed by atoms with E-state index >= 15 is 0 Å². The van der Waals surface area contributed by atoms with E-state index in [1.807, 2.05) is 46.8 Å². The van der Waals surface area contributed by atoms with Gasteiger partial charge in [0.2, 0.25) is 0 Å². The van der Waals surface area contributed by atoms with Gasteiger partial charge in [0.15, 0.2) is 0 Å². The fourth-order valence-electron chi connectivity index (χ4n) is 4.64. The van der Waals surface area contributed by atoms with Crippen LogP contribution in [-0.4, -0.2) is 37.0 Å². The van der Waals surface area contributed by atoms with Crippen LogP contribution >= 0.6 is 0 Å². The molecule has 0 aliphatic rings. The topological polar surface area (TPSA) is 30.3 Å². The van der Waals surface area contributed by atoms with E-state index in [0.717, 1.165) is 23.1 Å². The molecule has 1 atom stereocenters. The molecule has 2 rings (SSSR count). The first-order valence-corrected chi connectivity index (χ1v) is 15.3. The Morgan fingerprint density at radius 1 is 0.976 bits per heavy atom. The molecule has 0 amide bonds. The summed E-state index contributed by atoms with van der Waals surface area (Å²) >= 11 is 0. The Kier molecular flexibility index (Phi) is 23.2. The van der Waals surface area contributed by atoms with Crippen molar-refractivity contribution in [2.45, 2.75) is 99.7 Å². The van der Waals surface area contributed by atoms with Gasteiger partial charge in [-0.25, -0.2) is 4.39 Å². The maximum Gasteiger partial charge on any atom is 0.140 e. The number of rotatable bonds is 12. The van der Waals surface area contributed by atoms with Crippen molar-refractivity contribution in [3.05, 3.63) is 101 Å². The second-order valence-electron chi connectivity index (χ2n) is 9.66. The van der Waals surface area contributed by atoms with Crippen molar-refractivity contribution < 1.29 is 4.39 Å². The number of allylic oxidation sites excluding steroid dienone is 4. The van der Waals surface area contributed by atoms with Crippen LogP contribution < -0.4 is 0 Å². The number of nitrogens with zero attached hydrogens (tertiary/aromatic N) is 3. The highest BCUT2D eigenvalue weighted by molar-refractivity contribution is 5.79. The molecule has 1 unspecified atom stereocenters. The Morgan fingerprint density at radius 3 is 2.00 bits per heavy atom. The van der Waals surface area contributed by atoms with Crippen LogP contribution in [0.3, 0.4) is 0 Å². The van der Waals surface area contributed by atoms with E-state index in [0.29, 0.717) is 6.04 Å². The van der Waals surface area contributed by atoms with Crippen LogP contribution in [0.25, 0.3) is 5.57 Å². The van der Waals surface area contributed by atoms with E-state index < -0.39 is 5.82 Å². The van der Waals surface area contributed by atoms with Crippen molar-refractivity contribution in [2.75, 3.05) is 21.1 Å². The minimum atomic E-state index is -0.440. The first-order chi connectivity index (χ1) is 19.7. The maximum atomic E-state index is 12.7. The summed E-state index contributed by atoms with van der Waals surface area (Å²) in [7, 11) is 6.61. The summed E-state index contributed by atoms with van der Waals surface area (Å²) in [6.45, 7) is 24.8. The van der Waals surface area contributed by atoms with Crippen LogP contribution in [0.2, 0.25) is 0 Å². The Morgan fingerprint density at radius 2 is 1.54 bits per heavy atom. The fourth-order valence-corrected chi connectivity index (χ4v) is 4.64. The van der Waals surface area contributed by atoms with Crippen LogP contribution in [0.4, 0.5) is 4.39 Å². The molecule has 41 heavy (non-hydrogen) atoms. The van der Waals surface area contributed by atoms with Gasteiger partial charge < -0.3 is 0 Å². The number of benzene rings is 2. The summed E-state index contributed by atoms with van der Waals surface area (Å²) in [4.78, 5) is 4.86. The molecule has 0 heterocycles. The van der Waals surface area contributed by atoms with E-state index in [2.05, 4.69) is 89.1 Å². The van der Waals surface area contributed by atoms with Gasteiger partial charge in [-0.05, 0) is 87.3 Å². The van der Waals surface area contributed by atoms with Crippen molar-refractivity contribution in [1.82, 2.24) is 9.80 Å². The van der Waals surface area contributed by atoms with Crippen LogP contribution in [0.5, 0.6) is 0 Å². The van der Waals surface area contributed by atoms with Gasteiger partial charge >= 0.3 is 0 Å². The van der Waals surface area contributed by atoms with Crippen LogP contribution in [-0.2, 0) is 6.42 Å². The highest BCUT2D eigenvalue weighted by Gasteiger charge is 2.27. The zero-order valence-electron chi connectivity index (χ0n) is 28.0. The molecular formula is C37H58FN3. The number of halogens is 1. The summed E-state index contributed by atoms with van der Waals surface area (Å²) in [5.41, 5.74) is 5.89. The second-order valence-corrected chi connectivity index (χ2v) is 9.66. The molecule has 0 bridgehead atoms. The van der Waals surface area contributed by atoms with Crippen LogP contribution in [0, 0.1) is 17.1 Å². The fraction of sp³-hybridized carbons (Fsp3) is 0.486. The summed E-state index contributed by atoms with van der Waals surface area (Å²) < 4.78 is 12.7. The minimum absolute atomic E-state index is 0.129. The highest BCUT2D eigenvalue weighted by Crippen LogP contribution is 2.34. The molecule has 0 aliphatic carbocycles. The first-order valence-electron chi connectivity index (χ1n) is 15.3. The van der Waals surface area contributed by atoms with Crippen molar-refractivity contribution in [3.8, 4) is 6.07 Å². The molecule has 4 heteroatoms.